The van der Waals surface area contributed by atoms with Gasteiger partial charge in [0.1, 0.15) is 11.6 Å². The summed E-state index contributed by atoms with van der Waals surface area (Å²) < 4.78 is 6.19. The zero-order chi connectivity index (χ0) is 15.8. The van der Waals surface area contributed by atoms with Crippen molar-refractivity contribution >= 4 is 28.0 Å². The Balaban J connectivity index is 2.32. The molecule has 1 atom stereocenters. The highest BCUT2D eigenvalue weighted by Gasteiger charge is 2.37. The molecule has 1 amide bonds. The van der Waals surface area contributed by atoms with Crippen molar-refractivity contribution in [1.29, 1.82) is 0 Å². The first-order chi connectivity index (χ1) is 9.69. The lowest BCUT2D eigenvalue weighted by molar-refractivity contribution is -0.143. The van der Waals surface area contributed by atoms with Crippen molar-refractivity contribution in [2.75, 3.05) is 0 Å². The summed E-state index contributed by atoms with van der Waals surface area (Å²) in [5.74, 6) is -1.03. The molecule has 1 heterocycles. The molecule has 0 saturated carbocycles. The van der Waals surface area contributed by atoms with E-state index < -0.39 is 23.7 Å². The second-order valence-electron chi connectivity index (χ2n) is 6.04. The summed E-state index contributed by atoms with van der Waals surface area (Å²) in [5.41, 5.74) is 1.22. The fourth-order valence-electron chi connectivity index (χ4n) is 2.31. The average Bonchev–Trinajstić information content (AvgIpc) is 2.35. The molecule has 0 aromatic heterocycles. The standard InChI is InChI=1S/C15H18BrNO4/c1-15(2,3)21-14(20)17-8-9-5-4-6-11(16)10(9)7-12(17)13(18)19/h4-6,12H,7-8H2,1-3H3,(H,18,19). The summed E-state index contributed by atoms with van der Waals surface area (Å²) in [7, 11) is 0. The highest BCUT2D eigenvalue weighted by molar-refractivity contribution is 9.10. The number of hydrogen-bond donors (Lipinski definition) is 1. The van der Waals surface area contributed by atoms with Crippen molar-refractivity contribution < 1.29 is 19.4 Å². The second-order valence-corrected chi connectivity index (χ2v) is 6.90. The molecule has 1 aliphatic heterocycles. The van der Waals surface area contributed by atoms with Crippen molar-refractivity contribution in [3.63, 3.8) is 0 Å². The predicted octanol–water partition coefficient (Wildman–Crippen LogP) is 3.20. The third-order valence-electron chi connectivity index (χ3n) is 3.24. The lowest BCUT2D eigenvalue weighted by Gasteiger charge is -2.35. The number of hydrogen-bond acceptors (Lipinski definition) is 3. The van der Waals surface area contributed by atoms with E-state index in [1.807, 2.05) is 18.2 Å². The number of carboxylic acid groups (broad SMARTS) is 1. The van der Waals surface area contributed by atoms with Crippen LogP contribution in [0.5, 0.6) is 0 Å². The van der Waals surface area contributed by atoms with E-state index >= 15 is 0 Å². The van der Waals surface area contributed by atoms with Gasteiger partial charge in [-0.3, -0.25) is 4.90 Å². The highest BCUT2D eigenvalue weighted by atomic mass is 79.9. The van der Waals surface area contributed by atoms with Crippen LogP contribution in [0.1, 0.15) is 31.9 Å². The summed E-state index contributed by atoms with van der Waals surface area (Å²) >= 11 is 3.44. The Kier molecular flexibility index (Phi) is 4.27. The van der Waals surface area contributed by atoms with Gasteiger partial charge in [-0.15, -0.1) is 0 Å². The molecule has 1 N–H and O–H groups in total. The minimum Gasteiger partial charge on any atom is -0.480 e. The van der Waals surface area contributed by atoms with E-state index in [1.54, 1.807) is 20.8 Å². The van der Waals surface area contributed by atoms with E-state index in [0.717, 1.165) is 15.6 Å². The molecule has 0 saturated heterocycles. The van der Waals surface area contributed by atoms with E-state index in [9.17, 15) is 14.7 Å². The summed E-state index contributed by atoms with van der Waals surface area (Å²) in [4.78, 5) is 25.0. The van der Waals surface area contributed by atoms with Crippen molar-refractivity contribution in [3.05, 3.63) is 33.8 Å². The zero-order valence-electron chi connectivity index (χ0n) is 12.2. The Morgan fingerprint density at radius 3 is 2.62 bits per heavy atom. The molecule has 114 valence electrons. The summed E-state index contributed by atoms with van der Waals surface area (Å²) in [5, 5.41) is 9.41. The average molecular weight is 356 g/mol. The quantitative estimate of drug-likeness (QED) is 0.839. The van der Waals surface area contributed by atoms with Crippen LogP contribution in [0.2, 0.25) is 0 Å². The fourth-order valence-corrected chi connectivity index (χ4v) is 2.88. The Bertz CT molecular complexity index is 580. The first kappa shape index (κ1) is 15.8. The van der Waals surface area contributed by atoms with Crippen LogP contribution >= 0.6 is 15.9 Å². The van der Waals surface area contributed by atoms with Crippen molar-refractivity contribution in [2.45, 2.75) is 45.4 Å². The first-order valence-electron chi connectivity index (χ1n) is 6.68. The van der Waals surface area contributed by atoms with Crippen LogP contribution in [0.3, 0.4) is 0 Å². The van der Waals surface area contributed by atoms with Gasteiger partial charge < -0.3 is 9.84 Å². The van der Waals surface area contributed by atoms with Crippen molar-refractivity contribution in [3.8, 4) is 0 Å². The number of carbonyl (C=O) groups is 2. The molecule has 0 bridgehead atoms. The smallest absolute Gasteiger partial charge is 0.411 e. The van der Waals surface area contributed by atoms with Crippen LogP contribution in [0.15, 0.2) is 22.7 Å². The molecular formula is C15H18BrNO4. The Hall–Kier alpha value is -1.56. The van der Waals surface area contributed by atoms with Gasteiger partial charge in [-0.25, -0.2) is 9.59 Å². The maximum absolute atomic E-state index is 12.3. The number of amides is 1. The normalized spacial score (nSPS) is 18.1. The fraction of sp³-hybridized carbons (Fsp3) is 0.467. The van der Waals surface area contributed by atoms with E-state index in [0.29, 0.717) is 0 Å². The van der Waals surface area contributed by atoms with Crippen LogP contribution in [0.4, 0.5) is 4.79 Å². The molecule has 1 aromatic carbocycles. The predicted molar refractivity (Wildman–Crippen MR) is 81.0 cm³/mol. The summed E-state index contributed by atoms with van der Waals surface area (Å²) in [6, 6.07) is 4.74. The Morgan fingerprint density at radius 1 is 1.38 bits per heavy atom. The monoisotopic (exact) mass is 355 g/mol. The van der Waals surface area contributed by atoms with Gasteiger partial charge in [0.25, 0.3) is 0 Å². The van der Waals surface area contributed by atoms with E-state index in [2.05, 4.69) is 15.9 Å². The van der Waals surface area contributed by atoms with Gasteiger partial charge in [-0.2, -0.15) is 0 Å². The summed E-state index contributed by atoms with van der Waals surface area (Å²) in [6.45, 7) is 5.51. The molecule has 6 heteroatoms. The highest BCUT2D eigenvalue weighted by Crippen LogP contribution is 2.30. The van der Waals surface area contributed by atoms with Crippen LogP contribution < -0.4 is 0 Å². The molecular weight excluding hydrogens is 338 g/mol. The van der Waals surface area contributed by atoms with Crippen LogP contribution in [-0.4, -0.2) is 33.7 Å². The third-order valence-corrected chi connectivity index (χ3v) is 3.99. The molecule has 0 spiro atoms. The molecule has 2 rings (SSSR count). The molecule has 5 nitrogen and oxygen atoms in total. The molecule has 1 aromatic rings. The molecule has 0 fully saturated rings. The number of halogens is 1. The molecule has 21 heavy (non-hydrogen) atoms. The van der Waals surface area contributed by atoms with E-state index in [-0.39, 0.29) is 13.0 Å². The number of ether oxygens (including phenoxy) is 1. The third kappa shape index (κ3) is 3.56. The number of fused-ring (bicyclic) bond motifs is 1. The van der Waals surface area contributed by atoms with Crippen molar-refractivity contribution in [1.82, 2.24) is 4.90 Å². The van der Waals surface area contributed by atoms with Gasteiger partial charge in [0.2, 0.25) is 0 Å². The lowest BCUT2D eigenvalue weighted by atomic mass is 9.94. The number of carboxylic acids is 1. The molecule has 1 unspecified atom stereocenters. The van der Waals surface area contributed by atoms with Gasteiger partial charge in [0.05, 0.1) is 6.54 Å². The molecule has 1 aliphatic rings. The zero-order valence-corrected chi connectivity index (χ0v) is 13.8. The van der Waals surface area contributed by atoms with Gasteiger partial charge in [0.15, 0.2) is 0 Å². The first-order valence-corrected chi connectivity index (χ1v) is 7.47. The van der Waals surface area contributed by atoms with Crippen LogP contribution in [-0.2, 0) is 22.5 Å². The SMILES string of the molecule is CC(C)(C)OC(=O)N1Cc2cccc(Br)c2CC1C(=O)O. The second kappa shape index (κ2) is 5.67. The van der Waals surface area contributed by atoms with E-state index in [1.165, 1.54) is 4.90 Å². The maximum Gasteiger partial charge on any atom is 0.411 e. The van der Waals surface area contributed by atoms with Gasteiger partial charge in [0, 0.05) is 10.9 Å². The largest absolute Gasteiger partial charge is 0.480 e. The topological polar surface area (TPSA) is 66.8 Å². The number of benzene rings is 1. The molecule has 0 radical (unpaired) electrons. The Labute approximate surface area is 132 Å². The van der Waals surface area contributed by atoms with Crippen LogP contribution in [0, 0.1) is 0 Å². The van der Waals surface area contributed by atoms with E-state index in [4.69, 9.17) is 4.74 Å². The van der Waals surface area contributed by atoms with Crippen LogP contribution in [0.25, 0.3) is 0 Å². The number of aliphatic carboxylic acids is 1. The maximum atomic E-state index is 12.3. The van der Waals surface area contributed by atoms with Gasteiger partial charge in [-0.05, 0) is 38.0 Å². The Morgan fingerprint density at radius 2 is 2.05 bits per heavy atom. The lowest BCUT2D eigenvalue weighted by Crippen LogP contribution is -2.50. The number of rotatable bonds is 1. The number of carbonyl (C=O) groups excluding carboxylic acids is 1. The number of nitrogens with zero attached hydrogens (tertiary/aromatic N) is 1. The van der Waals surface area contributed by atoms with Gasteiger partial charge in [-0.1, -0.05) is 28.1 Å². The van der Waals surface area contributed by atoms with Crippen molar-refractivity contribution in [2.24, 2.45) is 0 Å². The minimum absolute atomic E-state index is 0.237. The minimum atomic E-state index is -1.03. The molecule has 0 aliphatic carbocycles. The summed E-state index contributed by atoms with van der Waals surface area (Å²) in [6.07, 6.45) is -0.328. The van der Waals surface area contributed by atoms with Gasteiger partial charge >= 0.3 is 12.1 Å².